The summed E-state index contributed by atoms with van der Waals surface area (Å²) in [5.74, 6) is 1.48. The van der Waals surface area contributed by atoms with Crippen LogP contribution in [0.4, 0.5) is 34.1 Å². The third-order valence-electron chi connectivity index (χ3n) is 18.9. The lowest BCUT2D eigenvalue weighted by Crippen LogP contribution is -2.61. The summed E-state index contributed by atoms with van der Waals surface area (Å²) < 4.78 is 0. The first kappa shape index (κ1) is 51.7. The molecule has 2 unspecified atom stereocenters. The summed E-state index contributed by atoms with van der Waals surface area (Å²) in [7, 11) is 0. The second-order valence-corrected chi connectivity index (χ2v) is 23.6. The minimum atomic E-state index is -0.00341. The van der Waals surface area contributed by atoms with Crippen LogP contribution in [0.25, 0.3) is 0 Å². The van der Waals surface area contributed by atoms with Gasteiger partial charge in [-0.1, -0.05) is 143 Å². The average Bonchev–Trinajstić information content (AvgIpc) is 3.63. The molecule has 11 rings (SSSR count). The summed E-state index contributed by atoms with van der Waals surface area (Å²) >= 11 is 0. The van der Waals surface area contributed by atoms with E-state index in [1.807, 2.05) is 0 Å². The molecule has 9 aromatic carbocycles. The summed E-state index contributed by atoms with van der Waals surface area (Å²) in [5, 5.41) is 0. The van der Waals surface area contributed by atoms with Crippen LogP contribution in [0.3, 0.4) is 0 Å². The van der Waals surface area contributed by atoms with Crippen molar-refractivity contribution in [3.8, 4) is 0 Å². The van der Waals surface area contributed by atoms with Crippen LogP contribution in [-0.4, -0.2) is 6.71 Å². The van der Waals surface area contributed by atoms with E-state index in [2.05, 4.69) is 271 Å². The van der Waals surface area contributed by atoms with Crippen molar-refractivity contribution in [2.24, 2.45) is 11.8 Å². The predicted molar refractivity (Wildman–Crippen MR) is 333 cm³/mol. The Morgan fingerprint density at radius 3 is 0.987 bits per heavy atom. The van der Waals surface area contributed by atoms with Crippen LogP contribution in [0.15, 0.2) is 164 Å². The van der Waals surface area contributed by atoms with Crippen molar-refractivity contribution in [1.82, 2.24) is 0 Å². The van der Waals surface area contributed by atoms with E-state index < -0.39 is 0 Å². The zero-order chi connectivity index (χ0) is 54.1. The Bertz CT molecular complexity index is 3400. The van der Waals surface area contributed by atoms with Crippen LogP contribution in [0.5, 0.6) is 0 Å². The zero-order valence-corrected chi connectivity index (χ0v) is 48.3. The van der Waals surface area contributed by atoms with Crippen molar-refractivity contribution in [2.75, 3.05) is 9.80 Å². The Morgan fingerprint density at radius 2 is 0.649 bits per heavy atom. The Hall–Kier alpha value is -7.36. The Labute approximate surface area is 462 Å². The van der Waals surface area contributed by atoms with Crippen molar-refractivity contribution in [3.63, 3.8) is 0 Å². The standard InChI is InChI=1S/C74H77BN2/c1-44(2)72(58-22-17-15-18-23-58)60-30-34-62(35-31-60)76-68-38-28-56(40-64-52(11)48(7)46(5)49(8)53(64)12)42-66(68)75-67-43-57(41-65-54(13)50(9)47(6)51(10)55(65)14)29-39-69(67)77(71-27-21-26-70(76)74(71)75)63-36-32-61(33-37-63)73(45(3)4)59-24-19-16-20-25-59/h15-39,42-45,72-73H,40-41H2,1-14H3. The molecule has 0 fully saturated rings. The van der Waals surface area contributed by atoms with E-state index in [9.17, 15) is 0 Å². The van der Waals surface area contributed by atoms with Gasteiger partial charge in [0.1, 0.15) is 0 Å². The molecule has 0 aromatic heterocycles. The predicted octanol–water partition coefficient (Wildman–Crippen LogP) is 17.6. The van der Waals surface area contributed by atoms with Crippen LogP contribution in [0.1, 0.15) is 140 Å². The first-order valence-electron chi connectivity index (χ1n) is 28.4. The molecule has 9 aromatic rings. The molecule has 2 aliphatic rings. The van der Waals surface area contributed by atoms with Crippen LogP contribution in [0.2, 0.25) is 0 Å². The van der Waals surface area contributed by atoms with E-state index in [1.54, 1.807) is 0 Å². The lowest BCUT2D eigenvalue weighted by Gasteiger charge is -2.44. The van der Waals surface area contributed by atoms with Crippen molar-refractivity contribution in [2.45, 2.75) is 122 Å². The maximum absolute atomic E-state index is 2.59. The fourth-order valence-corrected chi connectivity index (χ4v) is 13.8. The molecule has 0 N–H and O–H groups in total. The average molecular weight is 1010 g/mol. The molecule has 2 aliphatic heterocycles. The van der Waals surface area contributed by atoms with Crippen molar-refractivity contribution >= 4 is 57.2 Å². The normalized spacial score (nSPS) is 13.5. The highest BCUT2D eigenvalue weighted by atomic mass is 15.2. The SMILES string of the molecule is Cc1c(C)c(C)c(Cc2ccc3c(c2)B2c4cc(Cc5c(C)c(C)c(C)c(C)c5C)ccc4N(c4ccc(C(c5ccccc5)C(C)C)cc4)c4cccc(c42)N3c2ccc(C(c3ccccc3)C(C)C)cc2)c(C)c1C. The van der Waals surface area contributed by atoms with Gasteiger partial charge in [-0.3, -0.25) is 0 Å². The minimum Gasteiger partial charge on any atom is -0.311 e. The number of benzene rings is 9. The summed E-state index contributed by atoms with van der Waals surface area (Å²) in [6.07, 6.45) is 1.77. The molecular weight excluding hydrogens is 928 g/mol. The summed E-state index contributed by atoms with van der Waals surface area (Å²) in [6, 6.07) is 63.2. The molecule has 0 saturated heterocycles. The molecule has 386 valence electrons. The Morgan fingerprint density at radius 1 is 0.325 bits per heavy atom. The third kappa shape index (κ3) is 8.94. The van der Waals surface area contributed by atoms with Gasteiger partial charge in [-0.2, -0.15) is 0 Å². The summed E-state index contributed by atoms with van der Waals surface area (Å²) in [5.41, 5.74) is 36.5. The van der Waals surface area contributed by atoms with Gasteiger partial charge in [0, 0.05) is 46.0 Å². The zero-order valence-electron chi connectivity index (χ0n) is 48.3. The molecule has 0 spiro atoms. The molecule has 3 heteroatoms. The van der Waals surface area contributed by atoms with E-state index >= 15 is 0 Å². The fourth-order valence-electron chi connectivity index (χ4n) is 13.8. The van der Waals surface area contributed by atoms with Crippen LogP contribution in [0, 0.1) is 81.1 Å². The highest BCUT2D eigenvalue weighted by Crippen LogP contribution is 2.46. The largest absolute Gasteiger partial charge is 0.311 e. The van der Waals surface area contributed by atoms with Gasteiger partial charge in [-0.15, -0.1) is 0 Å². The van der Waals surface area contributed by atoms with Crippen molar-refractivity contribution < 1.29 is 0 Å². The number of nitrogens with zero attached hydrogens (tertiary/aromatic N) is 2. The maximum Gasteiger partial charge on any atom is 0.252 e. The van der Waals surface area contributed by atoms with Gasteiger partial charge >= 0.3 is 0 Å². The first-order chi connectivity index (χ1) is 37.0. The van der Waals surface area contributed by atoms with Gasteiger partial charge in [-0.25, -0.2) is 0 Å². The highest BCUT2D eigenvalue weighted by molar-refractivity contribution is 7.00. The monoisotopic (exact) mass is 1000 g/mol. The van der Waals surface area contributed by atoms with E-state index in [-0.39, 0.29) is 6.71 Å². The van der Waals surface area contributed by atoms with E-state index in [0.29, 0.717) is 23.7 Å². The van der Waals surface area contributed by atoms with E-state index in [4.69, 9.17) is 0 Å². The summed E-state index contributed by atoms with van der Waals surface area (Å²) in [6.45, 7) is 32.6. The molecule has 2 atom stereocenters. The van der Waals surface area contributed by atoms with E-state index in [1.165, 1.54) is 151 Å². The van der Waals surface area contributed by atoms with Gasteiger partial charge in [0.15, 0.2) is 0 Å². The first-order valence-corrected chi connectivity index (χ1v) is 28.4. The molecule has 0 aliphatic carbocycles. The lowest BCUT2D eigenvalue weighted by atomic mass is 9.33. The van der Waals surface area contributed by atoms with E-state index in [0.717, 1.165) is 12.8 Å². The molecule has 77 heavy (non-hydrogen) atoms. The van der Waals surface area contributed by atoms with Gasteiger partial charge < -0.3 is 9.80 Å². The fraction of sp³-hybridized carbons (Fsp3) is 0.270. The molecule has 0 bridgehead atoms. The van der Waals surface area contributed by atoms with Crippen molar-refractivity contribution in [3.05, 3.63) is 264 Å². The second kappa shape index (κ2) is 20.5. The third-order valence-corrected chi connectivity index (χ3v) is 18.9. The van der Waals surface area contributed by atoms with Gasteiger partial charge in [-0.05, 0) is 259 Å². The number of rotatable bonds is 12. The lowest BCUT2D eigenvalue weighted by molar-refractivity contribution is 0.564. The number of hydrogen-bond acceptors (Lipinski definition) is 2. The Kier molecular flexibility index (Phi) is 13.8. The molecule has 0 radical (unpaired) electrons. The van der Waals surface area contributed by atoms with Crippen molar-refractivity contribution in [1.29, 1.82) is 0 Å². The number of fused-ring (bicyclic) bond motifs is 4. The number of anilines is 6. The van der Waals surface area contributed by atoms with Crippen LogP contribution < -0.4 is 26.2 Å². The number of hydrogen-bond donors (Lipinski definition) is 0. The van der Waals surface area contributed by atoms with Crippen LogP contribution >= 0.6 is 0 Å². The second-order valence-electron chi connectivity index (χ2n) is 23.6. The molecule has 2 nitrogen and oxygen atoms in total. The topological polar surface area (TPSA) is 6.48 Å². The minimum absolute atomic E-state index is 0.00341. The summed E-state index contributed by atoms with van der Waals surface area (Å²) in [4.78, 5) is 5.16. The smallest absolute Gasteiger partial charge is 0.252 e. The van der Waals surface area contributed by atoms with Gasteiger partial charge in [0.05, 0.1) is 0 Å². The maximum atomic E-state index is 2.59. The molecule has 0 saturated carbocycles. The van der Waals surface area contributed by atoms with Crippen LogP contribution in [-0.2, 0) is 12.8 Å². The van der Waals surface area contributed by atoms with Gasteiger partial charge in [0.2, 0.25) is 0 Å². The molecular formula is C74H77BN2. The van der Waals surface area contributed by atoms with Gasteiger partial charge in [0.25, 0.3) is 6.71 Å². The molecule has 0 amide bonds. The Balaban J connectivity index is 1.13. The molecule has 2 heterocycles. The highest BCUT2D eigenvalue weighted by Gasteiger charge is 2.43. The quantitative estimate of drug-likeness (QED) is 0.113.